The molecule has 0 bridgehead atoms. The van der Waals surface area contributed by atoms with Gasteiger partial charge in [0, 0.05) is 18.0 Å². The lowest BCUT2D eigenvalue weighted by Crippen LogP contribution is -1.97. The van der Waals surface area contributed by atoms with Gasteiger partial charge in [0.25, 0.3) is 0 Å². The fourth-order valence-electron chi connectivity index (χ4n) is 2.23. The van der Waals surface area contributed by atoms with Gasteiger partial charge in [-0.2, -0.15) is 5.10 Å². The maximum absolute atomic E-state index is 4.53. The largest absolute Gasteiger partial charge is 0.339 e. The summed E-state index contributed by atoms with van der Waals surface area (Å²) in [5.41, 5.74) is 4.33. The van der Waals surface area contributed by atoms with Crippen molar-refractivity contribution in [3.8, 4) is 5.69 Å². The molecule has 20 heavy (non-hydrogen) atoms. The molecule has 3 rings (SSSR count). The van der Waals surface area contributed by atoms with Gasteiger partial charge in [-0.1, -0.05) is 18.2 Å². The Balaban J connectivity index is 1.84. The Morgan fingerprint density at radius 2 is 1.70 bits per heavy atom. The highest BCUT2D eigenvalue weighted by molar-refractivity contribution is 5.58. The zero-order valence-electron chi connectivity index (χ0n) is 11.6. The summed E-state index contributed by atoms with van der Waals surface area (Å²) in [4.78, 5) is 0. The van der Waals surface area contributed by atoms with Gasteiger partial charge < -0.3 is 5.32 Å². The minimum Gasteiger partial charge on any atom is -0.339 e. The highest BCUT2D eigenvalue weighted by atomic mass is 15.3. The van der Waals surface area contributed by atoms with Crippen LogP contribution in [0.25, 0.3) is 5.69 Å². The topological polar surface area (TPSA) is 29.9 Å². The summed E-state index contributed by atoms with van der Waals surface area (Å²) in [6, 6.07) is 19.4. The van der Waals surface area contributed by atoms with Crippen molar-refractivity contribution >= 4 is 11.5 Å². The number of nitrogens with zero attached hydrogens (tertiary/aromatic N) is 2. The van der Waals surface area contributed by atoms with E-state index in [1.54, 1.807) is 0 Å². The predicted molar refractivity (Wildman–Crippen MR) is 81.6 cm³/mol. The van der Waals surface area contributed by atoms with E-state index in [-0.39, 0.29) is 0 Å². The number of hydrogen-bond acceptors (Lipinski definition) is 2. The third-order valence-electron chi connectivity index (χ3n) is 3.02. The summed E-state index contributed by atoms with van der Waals surface area (Å²) in [5, 5.41) is 7.85. The second-order valence-corrected chi connectivity index (χ2v) is 4.84. The molecule has 0 saturated heterocycles. The number of aryl methyl sites for hydroxylation is 2. The van der Waals surface area contributed by atoms with E-state index in [2.05, 4.69) is 28.6 Å². The van der Waals surface area contributed by atoms with Gasteiger partial charge in [0.2, 0.25) is 0 Å². The Labute approximate surface area is 118 Å². The number of aromatic nitrogens is 2. The molecule has 3 aromatic rings. The lowest BCUT2D eigenvalue weighted by molar-refractivity contribution is 0.884. The van der Waals surface area contributed by atoms with Crippen LogP contribution < -0.4 is 5.32 Å². The highest BCUT2D eigenvalue weighted by Crippen LogP contribution is 2.18. The van der Waals surface area contributed by atoms with E-state index in [4.69, 9.17) is 0 Å². The van der Waals surface area contributed by atoms with Crippen LogP contribution in [0, 0.1) is 19.9 Å². The second-order valence-electron chi connectivity index (χ2n) is 4.84. The fourth-order valence-corrected chi connectivity index (χ4v) is 2.23. The molecule has 3 nitrogen and oxygen atoms in total. The Hall–Kier alpha value is -2.55. The quantitative estimate of drug-likeness (QED) is 0.772. The van der Waals surface area contributed by atoms with Gasteiger partial charge in [-0.15, -0.1) is 0 Å². The van der Waals surface area contributed by atoms with E-state index in [1.807, 2.05) is 61.1 Å². The lowest BCUT2D eigenvalue weighted by atomic mass is 10.1. The summed E-state index contributed by atoms with van der Waals surface area (Å²) in [6.45, 7) is 4.08. The van der Waals surface area contributed by atoms with E-state index in [1.165, 1.54) is 0 Å². The molecule has 0 saturated carbocycles. The first-order chi connectivity index (χ1) is 9.70. The summed E-state index contributed by atoms with van der Waals surface area (Å²) in [6.07, 6.45) is 1.95. The average Bonchev–Trinajstić information content (AvgIpc) is 2.87. The summed E-state index contributed by atoms with van der Waals surface area (Å²) in [5.74, 6) is 0.832. The van der Waals surface area contributed by atoms with E-state index in [9.17, 15) is 0 Å². The molecular weight excluding hydrogens is 246 g/mol. The van der Waals surface area contributed by atoms with E-state index in [0.29, 0.717) is 0 Å². The van der Waals surface area contributed by atoms with E-state index in [0.717, 1.165) is 28.3 Å². The monoisotopic (exact) mass is 262 g/mol. The first-order valence-corrected chi connectivity index (χ1v) is 6.59. The van der Waals surface area contributed by atoms with Crippen LogP contribution in [0.5, 0.6) is 0 Å². The van der Waals surface area contributed by atoms with E-state index >= 15 is 0 Å². The van der Waals surface area contributed by atoms with Crippen LogP contribution in [-0.2, 0) is 0 Å². The molecule has 3 heteroatoms. The van der Waals surface area contributed by atoms with Crippen molar-refractivity contribution in [2.75, 3.05) is 5.32 Å². The van der Waals surface area contributed by atoms with E-state index < -0.39 is 0 Å². The lowest BCUT2D eigenvalue weighted by Gasteiger charge is -2.05. The van der Waals surface area contributed by atoms with Crippen molar-refractivity contribution < 1.29 is 0 Å². The van der Waals surface area contributed by atoms with Crippen molar-refractivity contribution in [3.05, 3.63) is 71.9 Å². The maximum Gasteiger partial charge on any atom is 0.152 e. The fraction of sp³-hybridized carbons (Fsp3) is 0.118. The van der Waals surface area contributed by atoms with Gasteiger partial charge >= 0.3 is 0 Å². The molecule has 1 N–H and O–H groups in total. The first-order valence-electron chi connectivity index (χ1n) is 6.59. The molecule has 2 aromatic carbocycles. The Bertz CT molecular complexity index is 694. The smallest absolute Gasteiger partial charge is 0.152 e. The highest BCUT2D eigenvalue weighted by Gasteiger charge is 2.02. The SMILES string of the molecule is Cc1[c]c(C)cc(Nc2ccn(-c3ccccc3)n2)c1. The summed E-state index contributed by atoms with van der Waals surface area (Å²) >= 11 is 0. The van der Waals surface area contributed by atoms with Crippen molar-refractivity contribution in [3.63, 3.8) is 0 Å². The molecule has 1 radical (unpaired) electrons. The third-order valence-corrected chi connectivity index (χ3v) is 3.02. The second kappa shape index (κ2) is 5.21. The minimum atomic E-state index is 0.832. The van der Waals surface area contributed by atoms with Crippen LogP contribution in [0.1, 0.15) is 11.1 Å². The Morgan fingerprint density at radius 1 is 1.00 bits per heavy atom. The summed E-state index contributed by atoms with van der Waals surface area (Å²) in [7, 11) is 0. The molecule has 0 unspecified atom stereocenters. The number of anilines is 2. The van der Waals surface area contributed by atoms with Crippen molar-refractivity contribution in [2.24, 2.45) is 0 Å². The Kier molecular flexibility index (Phi) is 3.25. The maximum atomic E-state index is 4.53. The van der Waals surface area contributed by atoms with Crippen LogP contribution >= 0.6 is 0 Å². The average molecular weight is 262 g/mol. The molecule has 0 fully saturated rings. The first kappa shape index (κ1) is 12.5. The number of benzene rings is 2. The predicted octanol–water partition coefficient (Wildman–Crippen LogP) is 4.03. The number of hydrogen-bond donors (Lipinski definition) is 1. The number of rotatable bonds is 3. The molecule has 0 aliphatic carbocycles. The summed E-state index contributed by atoms with van der Waals surface area (Å²) < 4.78 is 1.86. The molecule has 99 valence electrons. The van der Waals surface area contributed by atoms with Gasteiger partial charge in [-0.25, -0.2) is 4.68 Å². The van der Waals surface area contributed by atoms with Gasteiger partial charge in [0.05, 0.1) is 5.69 Å². The van der Waals surface area contributed by atoms with Crippen LogP contribution in [0.15, 0.2) is 54.7 Å². The van der Waals surface area contributed by atoms with Crippen LogP contribution in [-0.4, -0.2) is 9.78 Å². The van der Waals surface area contributed by atoms with Gasteiger partial charge in [0.1, 0.15) is 0 Å². The number of nitrogens with one attached hydrogen (secondary N) is 1. The van der Waals surface area contributed by atoms with Crippen molar-refractivity contribution in [1.29, 1.82) is 0 Å². The van der Waals surface area contributed by atoms with Gasteiger partial charge in [-0.05, 0) is 55.3 Å². The molecule has 0 atom stereocenters. The molecule has 0 aliphatic rings. The van der Waals surface area contributed by atoms with Gasteiger partial charge in [-0.3, -0.25) is 0 Å². The molecule has 1 aromatic heterocycles. The van der Waals surface area contributed by atoms with Gasteiger partial charge in [0.15, 0.2) is 5.82 Å². The third kappa shape index (κ3) is 2.72. The molecule has 0 amide bonds. The van der Waals surface area contributed by atoms with Crippen LogP contribution in [0.3, 0.4) is 0 Å². The number of para-hydroxylation sites is 1. The van der Waals surface area contributed by atoms with Crippen molar-refractivity contribution in [2.45, 2.75) is 13.8 Å². The van der Waals surface area contributed by atoms with Crippen LogP contribution in [0.4, 0.5) is 11.5 Å². The van der Waals surface area contributed by atoms with Crippen molar-refractivity contribution in [1.82, 2.24) is 9.78 Å². The molecular formula is C17H16N3. The molecule has 0 aliphatic heterocycles. The Morgan fingerprint density at radius 3 is 2.40 bits per heavy atom. The normalized spacial score (nSPS) is 10.5. The zero-order chi connectivity index (χ0) is 13.9. The zero-order valence-corrected chi connectivity index (χ0v) is 11.6. The van der Waals surface area contributed by atoms with Crippen LogP contribution in [0.2, 0.25) is 0 Å². The molecule has 0 spiro atoms. The molecule has 1 heterocycles. The standard InChI is InChI=1S/C17H16N3/c1-13-10-14(2)12-15(11-13)18-17-8-9-20(19-17)16-6-4-3-5-7-16/h3-9,11-12H,1-2H3,(H,18,19). The minimum absolute atomic E-state index is 0.832.